The molecule has 1 atom stereocenters. The average molecular weight is 189 g/mol. The van der Waals surface area contributed by atoms with Crippen LogP contribution in [0.25, 0.3) is 0 Å². The molecule has 1 aliphatic rings. The standard InChI is InChI=1S/C7H11NO3S/c1-5-4-12-3-2-8(5)6(9)7(10)11/h5H,2-4H2,1H3,(H,10,11). The minimum absolute atomic E-state index is 0.0485. The maximum Gasteiger partial charge on any atom is 0.394 e. The van der Waals surface area contributed by atoms with Gasteiger partial charge in [-0.1, -0.05) is 0 Å². The van der Waals surface area contributed by atoms with E-state index in [4.69, 9.17) is 5.11 Å². The first-order chi connectivity index (χ1) is 5.63. The van der Waals surface area contributed by atoms with E-state index in [-0.39, 0.29) is 6.04 Å². The van der Waals surface area contributed by atoms with Gasteiger partial charge in [0.15, 0.2) is 0 Å². The maximum atomic E-state index is 11.0. The highest BCUT2D eigenvalue weighted by Gasteiger charge is 2.27. The summed E-state index contributed by atoms with van der Waals surface area (Å²) in [6.45, 7) is 2.42. The second-order valence-electron chi connectivity index (χ2n) is 2.73. The molecule has 0 spiro atoms. The summed E-state index contributed by atoms with van der Waals surface area (Å²) >= 11 is 1.75. The molecule has 0 aliphatic carbocycles. The Balaban J connectivity index is 2.59. The highest BCUT2D eigenvalue weighted by atomic mass is 32.2. The van der Waals surface area contributed by atoms with E-state index in [9.17, 15) is 9.59 Å². The summed E-state index contributed by atoms with van der Waals surface area (Å²) < 4.78 is 0. The van der Waals surface area contributed by atoms with E-state index in [1.165, 1.54) is 4.90 Å². The molecule has 1 saturated heterocycles. The van der Waals surface area contributed by atoms with Crippen molar-refractivity contribution in [1.29, 1.82) is 0 Å². The molecule has 5 heteroatoms. The predicted octanol–water partition coefficient (Wildman–Crippen LogP) is 0.0349. The van der Waals surface area contributed by atoms with Gasteiger partial charge >= 0.3 is 11.9 Å². The van der Waals surface area contributed by atoms with Crippen LogP contribution in [0, 0.1) is 0 Å². The van der Waals surface area contributed by atoms with E-state index >= 15 is 0 Å². The van der Waals surface area contributed by atoms with Gasteiger partial charge in [0.2, 0.25) is 0 Å². The quantitative estimate of drug-likeness (QED) is 0.546. The van der Waals surface area contributed by atoms with Gasteiger partial charge in [0.05, 0.1) is 0 Å². The topological polar surface area (TPSA) is 57.6 Å². The zero-order chi connectivity index (χ0) is 9.14. The normalized spacial score (nSPS) is 23.8. The average Bonchev–Trinajstić information content (AvgIpc) is 2.04. The van der Waals surface area contributed by atoms with Crippen molar-refractivity contribution < 1.29 is 14.7 Å². The van der Waals surface area contributed by atoms with Gasteiger partial charge in [0, 0.05) is 24.1 Å². The lowest BCUT2D eigenvalue weighted by Crippen LogP contribution is -2.47. The first-order valence-corrected chi connectivity index (χ1v) is 4.90. The molecule has 0 aromatic carbocycles. The zero-order valence-corrected chi connectivity index (χ0v) is 7.63. The smallest absolute Gasteiger partial charge is 0.394 e. The van der Waals surface area contributed by atoms with E-state index in [1.54, 1.807) is 11.8 Å². The van der Waals surface area contributed by atoms with Crippen LogP contribution < -0.4 is 0 Å². The predicted molar refractivity (Wildman–Crippen MR) is 46.1 cm³/mol. The fourth-order valence-corrected chi connectivity index (χ4v) is 2.17. The van der Waals surface area contributed by atoms with Crippen molar-refractivity contribution >= 4 is 23.6 Å². The van der Waals surface area contributed by atoms with E-state index < -0.39 is 11.9 Å². The summed E-state index contributed by atoms with van der Waals surface area (Å²) in [5.41, 5.74) is 0. The number of rotatable bonds is 0. The third-order valence-corrected chi connectivity index (χ3v) is 3.00. The van der Waals surface area contributed by atoms with Crippen molar-refractivity contribution in [2.24, 2.45) is 0 Å². The SMILES string of the molecule is CC1CSCCN1C(=O)C(=O)O. The molecule has 0 radical (unpaired) electrons. The van der Waals surface area contributed by atoms with Crippen LogP contribution in [0.15, 0.2) is 0 Å². The molecule has 1 rings (SSSR count). The lowest BCUT2D eigenvalue weighted by molar-refractivity contribution is -0.156. The van der Waals surface area contributed by atoms with Crippen molar-refractivity contribution in [3.05, 3.63) is 0 Å². The first kappa shape index (κ1) is 9.38. The van der Waals surface area contributed by atoms with Crippen molar-refractivity contribution in [3.63, 3.8) is 0 Å². The summed E-state index contributed by atoms with van der Waals surface area (Å²) in [5.74, 6) is -0.459. The first-order valence-electron chi connectivity index (χ1n) is 3.74. The largest absolute Gasteiger partial charge is 0.474 e. The number of hydrogen-bond acceptors (Lipinski definition) is 3. The van der Waals surface area contributed by atoms with Crippen LogP contribution >= 0.6 is 11.8 Å². The molecule has 1 unspecified atom stereocenters. The Morgan fingerprint density at radius 2 is 2.25 bits per heavy atom. The van der Waals surface area contributed by atoms with Gasteiger partial charge in [0.25, 0.3) is 0 Å². The van der Waals surface area contributed by atoms with Gasteiger partial charge in [-0.05, 0) is 6.92 Å². The molecule has 0 saturated carbocycles. The van der Waals surface area contributed by atoms with Gasteiger partial charge < -0.3 is 10.0 Å². The van der Waals surface area contributed by atoms with E-state index in [0.29, 0.717) is 6.54 Å². The van der Waals surface area contributed by atoms with Crippen molar-refractivity contribution in [2.45, 2.75) is 13.0 Å². The van der Waals surface area contributed by atoms with Crippen LogP contribution in [0.4, 0.5) is 0 Å². The fraction of sp³-hybridized carbons (Fsp3) is 0.714. The van der Waals surface area contributed by atoms with Gasteiger partial charge in [-0.3, -0.25) is 4.79 Å². The Morgan fingerprint density at radius 3 is 2.75 bits per heavy atom. The number of carboxylic acids is 1. The Hall–Kier alpha value is -0.710. The molecule has 1 N–H and O–H groups in total. The van der Waals surface area contributed by atoms with Crippen LogP contribution in [-0.2, 0) is 9.59 Å². The van der Waals surface area contributed by atoms with E-state index in [1.807, 2.05) is 6.92 Å². The molecule has 1 amide bonds. The lowest BCUT2D eigenvalue weighted by atomic mass is 10.3. The number of carboxylic acid groups (broad SMARTS) is 1. The van der Waals surface area contributed by atoms with Gasteiger partial charge in [-0.25, -0.2) is 4.79 Å². The number of hydrogen-bond donors (Lipinski definition) is 1. The van der Waals surface area contributed by atoms with Gasteiger partial charge in [0.1, 0.15) is 0 Å². The second-order valence-corrected chi connectivity index (χ2v) is 3.88. The van der Waals surface area contributed by atoms with Crippen molar-refractivity contribution in [1.82, 2.24) is 4.90 Å². The molecular weight excluding hydrogens is 178 g/mol. The summed E-state index contributed by atoms with van der Waals surface area (Å²) in [5, 5.41) is 8.45. The van der Waals surface area contributed by atoms with Gasteiger partial charge in [-0.15, -0.1) is 0 Å². The molecule has 0 bridgehead atoms. The number of carbonyl (C=O) groups excluding carboxylic acids is 1. The number of thioether (sulfide) groups is 1. The van der Waals surface area contributed by atoms with Gasteiger partial charge in [-0.2, -0.15) is 11.8 Å². The Kier molecular flexibility index (Phi) is 2.97. The molecule has 68 valence electrons. The molecule has 4 nitrogen and oxygen atoms in total. The third-order valence-electron chi connectivity index (χ3n) is 1.81. The minimum atomic E-state index is -1.35. The van der Waals surface area contributed by atoms with Crippen LogP contribution in [0.3, 0.4) is 0 Å². The summed E-state index contributed by atoms with van der Waals surface area (Å²) in [7, 11) is 0. The van der Waals surface area contributed by atoms with Crippen LogP contribution in [0.1, 0.15) is 6.92 Å². The Bertz CT molecular complexity index is 207. The van der Waals surface area contributed by atoms with Crippen molar-refractivity contribution in [2.75, 3.05) is 18.1 Å². The number of amides is 1. The molecule has 1 aliphatic heterocycles. The van der Waals surface area contributed by atoms with Crippen LogP contribution in [-0.4, -0.2) is 46.0 Å². The van der Waals surface area contributed by atoms with Crippen LogP contribution in [0.5, 0.6) is 0 Å². The fourth-order valence-electron chi connectivity index (χ4n) is 1.15. The number of aliphatic carboxylic acids is 1. The minimum Gasteiger partial charge on any atom is -0.474 e. The molecule has 1 heterocycles. The molecular formula is C7H11NO3S. The van der Waals surface area contributed by atoms with Crippen LogP contribution in [0.2, 0.25) is 0 Å². The summed E-state index contributed by atoms with van der Waals surface area (Å²) in [4.78, 5) is 22.8. The van der Waals surface area contributed by atoms with E-state index in [0.717, 1.165) is 11.5 Å². The number of carbonyl (C=O) groups is 2. The van der Waals surface area contributed by atoms with Crippen molar-refractivity contribution in [3.8, 4) is 0 Å². The lowest BCUT2D eigenvalue weighted by Gasteiger charge is -2.31. The molecule has 12 heavy (non-hydrogen) atoms. The Morgan fingerprint density at radius 1 is 1.58 bits per heavy atom. The summed E-state index contributed by atoms with van der Waals surface area (Å²) in [6.07, 6.45) is 0. The van der Waals surface area contributed by atoms with E-state index in [2.05, 4.69) is 0 Å². The monoisotopic (exact) mass is 189 g/mol. The summed E-state index contributed by atoms with van der Waals surface area (Å²) in [6, 6.07) is 0.0485. The second kappa shape index (κ2) is 3.80. The number of nitrogens with zero attached hydrogens (tertiary/aromatic N) is 1. The highest BCUT2D eigenvalue weighted by Crippen LogP contribution is 2.15. The zero-order valence-electron chi connectivity index (χ0n) is 6.82. The third kappa shape index (κ3) is 1.91. The maximum absolute atomic E-state index is 11.0. The molecule has 0 aromatic rings. The highest BCUT2D eigenvalue weighted by molar-refractivity contribution is 7.99. The molecule has 0 aromatic heterocycles. The Labute approximate surface area is 74.9 Å². The molecule has 1 fully saturated rings.